The molecule has 4 N–H and O–H groups in total. The summed E-state index contributed by atoms with van der Waals surface area (Å²) in [7, 11) is 0. The lowest BCUT2D eigenvalue weighted by atomic mass is 10.1. The Morgan fingerprint density at radius 2 is 2.24 bits per heavy atom. The number of rotatable bonds is 3. The fourth-order valence-corrected chi connectivity index (χ4v) is 2.19. The van der Waals surface area contributed by atoms with Gasteiger partial charge in [-0.2, -0.15) is 0 Å². The molecule has 1 unspecified atom stereocenters. The molecular weight excluding hydrogens is 282 g/mol. The van der Waals surface area contributed by atoms with Gasteiger partial charge >= 0.3 is 0 Å². The first-order valence-electron chi connectivity index (χ1n) is 5.34. The Labute approximate surface area is 108 Å². The number of hydrogen-bond acceptors (Lipinski definition) is 4. The smallest absolute Gasteiger partial charge is 0.135 e. The number of halogens is 1. The summed E-state index contributed by atoms with van der Waals surface area (Å²) in [5.74, 6) is 0.725. The summed E-state index contributed by atoms with van der Waals surface area (Å²) in [4.78, 5) is 4.27. The summed E-state index contributed by atoms with van der Waals surface area (Å²) in [5.41, 5.74) is 6.64. The highest BCUT2D eigenvalue weighted by molar-refractivity contribution is 9.10. The average molecular weight is 296 g/mol. The van der Waals surface area contributed by atoms with Crippen LogP contribution in [0, 0.1) is 0 Å². The first-order valence-corrected chi connectivity index (χ1v) is 6.13. The topological polar surface area (TPSA) is 71.2 Å². The Balaban J connectivity index is 2.52. The standard InChI is InChI=1S/C12H14BrN3O/c1-7(17)6-16-12-11-8(4-5-15-12)10(14)3-2-9(11)13/h2-5,7,17H,6,14H2,1H3,(H,15,16). The van der Waals surface area contributed by atoms with Gasteiger partial charge in [0.15, 0.2) is 0 Å². The number of anilines is 2. The van der Waals surface area contributed by atoms with Crippen molar-refractivity contribution in [3.8, 4) is 0 Å². The maximum atomic E-state index is 9.28. The number of aliphatic hydroxyl groups is 1. The van der Waals surface area contributed by atoms with Crippen molar-refractivity contribution in [1.82, 2.24) is 4.98 Å². The van der Waals surface area contributed by atoms with Gasteiger partial charge in [0.05, 0.1) is 6.10 Å². The minimum absolute atomic E-state index is 0.424. The SMILES string of the molecule is CC(O)CNc1nccc2c(N)ccc(Br)c12. The second-order valence-electron chi connectivity index (χ2n) is 3.95. The fourth-order valence-electron chi connectivity index (χ4n) is 1.66. The summed E-state index contributed by atoms with van der Waals surface area (Å²) >= 11 is 3.49. The van der Waals surface area contributed by atoms with Crippen molar-refractivity contribution >= 4 is 38.2 Å². The molecule has 4 nitrogen and oxygen atoms in total. The molecule has 2 rings (SSSR count). The number of aliphatic hydroxyl groups excluding tert-OH is 1. The van der Waals surface area contributed by atoms with Gasteiger partial charge in [0.2, 0.25) is 0 Å². The van der Waals surface area contributed by atoms with Crippen LogP contribution in [0.4, 0.5) is 11.5 Å². The van der Waals surface area contributed by atoms with E-state index in [0.29, 0.717) is 12.2 Å². The lowest BCUT2D eigenvalue weighted by Gasteiger charge is -2.12. The van der Waals surface area contributed by atoms with E-state index in [4.69, 9.17) is 5.73 Å². The predicted octanol–water partition coefficient (Wildman–Crippen LogP) is 2.37. The van der Waals surface area contributed by atoms with E-state index < -0.39 is 6.10 Å². The molecule has 2 aromatic rings. The summed E-state index contributed by atoms with van der Waals surface area (Å²) in [6, 6.07) is 5.63. The lowest BCUT2D eigenvalue weighted by Crippen LogP contribution is -2.16. The van der Waals surface area contributed by atoms with Crippen LogP contribution in [0.3, 0.4) is 0 Å². The third kappa shape index (κ3) is 2.50. The Hall–Kier alpha value is -1.33. The second kappa shape index (κ2) is 4.89. The lowest BCUT2D eigenvalue weighted by molar-refractivity contribution is 0.208. The molecule has 0 aliphatic heterocycles. The van der Waals surface area contributed by atoms with Gasteiger partial charge in [0.1, 0.15) is 5.82 Å². The molecule has 0 amide bonds. The molecule has 1 heterocycles. The molecule has 1 atom stereocenters. The van der Waals surface area contributed by atoms with Gasteiger partial charge in [-0.15, -0.1) is 0 Å². The van der Waals surface area contributed by atoms with Crippen LogP contribution in [0.1, 0.15) is 6.92 Å². The minimum Gasteiger partial charge on any atom is -0.398 e. The normalized spacial score (nSPS) is 12.6. The number of fused-ring (bicyclic) bond motifs is 1. The van der Waals surface area contributed by atoms with Crippen molar-refractivity contribution in [2.45, 2.75) is 13.0 Å². The van der Waals surface area contributed by atoms with Crippen LogP contribution in [0.2, 0.25) is 0 Å². The third-order valence-corrected chi connectivity index (χ3v) is 3.14. The third-order valence-electron chi connectivity index (χ3n) is 2.47. The molecule has 0 saturated carbocycles. The Morgan fingerprint density at radius 1 is 1.47 bits per heavy atom. The van der Waals surface area contributed by atoms with Crippen LogP contribution in [-0.2, 0) is 0 Å². The molecule has 1 aromatic carbocycles. The molecule has 0 saturated heterocycles. The molecule has 0 spiro atoms. The molecular formula is C12H14BrN3O. The van der Waals surface area contributed by atoms with Crippen LogP contribution in [0.15, 0.2) is 28.9 Å². The largest absolute Gasteiger partial charge is 0.398 e. The zero-order chi connectivity index (χ0) is 12.4. The van der Waals surface area contributed by atoms with Gasteiger partial charge in [0, 0.05) is 33.7 Å². The van der Waals surface area contributed by atoms with E-state index in [1.807, 2.05) is 18.2 Å². The van der Waals surface area contributed by atoms with Gasteiger partial charge in [-0.05, 0) is 25.1 Å². The molecule has 5 heteroatoms. The van der Waals surface area contributed by atoms with Gasteiger partial charge < -0.3 is 16.2 Å². The van der Waals surface area contributed by atoms with E-state index in [-0.39, 0.29) is 0 Å². The van der Waals surface area contributed by atoms with E-state index in [2.05, 4.69) is 26.2 Å². The number of nitrogens with two attached hydrogens (primary N) is 1. The number of nitrogen functional groups attached to an aromatic ring is 1. The van der Waals surface area contributed by atoms with Crippen molar-refractivity contribution in [1.29, 1.82) is 0 Å². The van der Waals surface area contributed by atoms with Gasteiger partial charge in [-0.3, -0.25) is 0 Å². The molecule has 0 bridgehead atoms. The Bertz CT molecular complexity index is 543. The second-order valence-corrected chi connectivity index (χ2v) is 4.80. The Kier molecular flexibility index (Phi) is 3.49. The zero-order valence-corrected chi connectivity index (χ0v) is 11.0. The number of hydrogen-bond donors (Lipinski definition) is 3. The summed E-state index contributed by atoms with van der Waals surface area (Å²) in [5, 5.41) is 14.3. The van der Waals surface area contributed by atoms with E-state index in [0.717, 1.165) is 21.1 Å². The van der Waals surface area contributed by atoms with Gasteiger partial charge in [0.25, 0.3) is 0 Å². The maximum absolute atomic E-state index is 9.28. The average Bonchev–Trinajstić information content (AvgIpc) is 2.31. The summed E-state index contributed by atoms with van der Waals surface area (Å²) < 4.78 is 0.933. The first-order chi connectivity index (χ1) is 8.09. The van der Waals surface area contributed by atoms with E-state index in [1.165, 1.54) is 0 Å². The maximum Gasteiger partial charge on any atom is 0.135 e. The van der Waals surface area contributed by atoms with E-state index in [1.54, 1.807) is 13.1 Å². The fraction of sp³-hybridized carbons (Fsp3) is 0.250. The van der Waals surface area contributed by atoms with Crippen molar-refractivity contribution in [2.75, 3.05) is 17.6 Å². The summed E-state index contributed by atoms with van der Waals surface area (Å²) in [6.07, 6.45) is 1.28. The number of nitrogens with zero attached hydrogens (tertiary/aromatic N) is 1. The number of aromatic nitrogens is 1. The van der Waals surface area contributed by atoms with Crippen molar-refractivity contribution in [3.63, 3.8) is 0 Å². The molecule has 0 aliphatic carbocycles. The van der Waals surface area contributed by atoms with Crippen LogP contribution in [-0.4, -0.2) is 22.7 Å². The van der Waals surface area contributed by atoms with Gasteiger partial charge in [-0.1, -0.05) is 15.9 Å². The zero-order valence-electron chi connectivity index (χ0n) is 9.44. The monoisotopic (exact) mass is 295 g/mol. The van der Waals surface area contributed by atoms with Crippen LogP contribution >= 0.6 is 15.9 Å². The molecule has 0 radical (unpaired) electrons. The van der Waals surface area contributed by atoms with Crippen molar-refractivity contribution in [2.24, 2.45) is 0 Å². The quantitative estimate of drug-likeness (QED) is 0.760. The number of nitrogens with one attached hydrogen (secondary N) is 1. The highest BCUT2D eigenvalue weighted by Crippen LogP contribution is 2.32. The van der Waals surface area contributed by atoms with Crippen molar-refractivity contribution < 1.29 is 5.11 Å². The van der Waals surface area contributed by atoms with E-state index >= 15 is 0 Å². The van der Waals surface area contributed by atoms with Crippen molar-refractivity contribution in [3.05, 3.63) is 28.9 Å². The molecule has 0 aliphatic rings. The first kappa shape index (κ1) is 12.1. The predicted molar refractivity (Wildman–Crippen MR) is 74.0 cm³/mol. The van der Waals surface area contributed by atoms with Crippen LogP contribution in [0.5, 0.6) is 0 Å². The highest BCUT2D eigenvalue weighted by Gasteiger charge is 2.08. The number of benzene rings is 1. The molecule has 90 valence electrons. The molecule has 1 aromatic heterocycles. The summed E-state index contributed by atoms with van der Waals surface area (Å²) in [6.45, 7) is 2.18. The van der Waals surface area contributed by atoms with Crippen LogP contribution < -0.4 is 11.1 Å². The molecule has 17 heavy (non-hydrogen) atoms. The Morgan fingerprint density at radius 3 is 2.94 bits per heavy atom. The van der Waals surface area contributed by atoms with Gasteiger partial charge in [-0.25, -0.2) is 4.98 Å². The van der Waals surface area contributed by atoms with E-state index in [9.17, 15) is 5.11 Å². The molecule has 0 fully saturated rings. The number of pyridine rings is 1. The van der Waals surface area contributed by atoms with Crippen LogP contribution in [0.25, 0.3) is 10.8 Å². The highest BCUT2D eigenvalue weighted by atomic mass is 79.9. The minimum atomic E-state index is -0.424.